The van der Waals surface area contributed by atoms with Gasteiger partial charge < -0.3 is 19.7 Å². The Labute approximate surface area is 190 Å². The van der Waals surface area contributed by atoms with Gasteiger partial charge >= 0.3 is 6.09 Å². The third kappa shape index (κ3) is 5.20. The molecule has 3 rings (SSSR count). The molecule has 0 fully saturated rings. The lowest BCUT2D eigenvalue weighted by molar-refractivity contribution is -0.115. The van der Waals surface area contributed by atoms with Crippen LogP contribution in [0.15, 0.2) is 29.2 Å². The maximum Gasteiger partial charge on any atom is 0.410 e. The molecule has 2 aromatic rings. The first-order valence-corrected chi connectivity index (χ1v) is 12.4. The van der Waals surface area contributed by atoms with Gasteiger partial charge in [-0.05, 0) is 43.2 Å². The van der Waals surface area contributed by atoms with E-state index in [1.54, 1.807) is 24.0 Å². The van der Waals surface area contributed by atoms with E-state index in [0.717, 1.165) is 10.4 Å². The fourth-order valence-electron chi connectivity index (χ4n) is 3.30. The number of fused-ring (bicyclic) bond motifs is 1. The summed E-state index contributed by atoms with van der Waals surface area (Å²) in [5, 5.41) is 12.6. The summed E-state index contributed by atoms with van der Waals surface area (Å²) < 4.78 is 35.1. The van der Waals surface area contributed by atoms with Crippen molar-refractivity contribution in [3.05, 3.63) is 40.3 Å². The molecule has 1 aliphatic rings. The van der Waals surface area contributed by atoms with E-state index in [1.807, 2.05) is 0 Å². The van der Waals surface area contributed by atoms with E-state index in [9.17, 15) is 23.3 Å². The van der Waals surface area contributed by atoms with Crippen LogP contribution >= 0.6 is 11.3 Å². The summed E-state index contributed by atoms with van der Waals surface area (Å²) in [6.07, 6.45) is -0.189. The van der Waals surface area contributed by atoms with Crippen LogP contribution in [0.1, 0.15) is 29.3 Å². The van der Waals surface area contributed by atoms with E-state index in [0.29, 0.717) is 35.8 Å². The Morgan fingerprint density at radius 3 is 2.62 bits per heavy atom. The van der Waals surface area contributed by atoms with Gasteiger partial charge in [-0.2, -0.15) is 5.26 Å². The van der Waals surface area contributed by atoms with Crippen molar-refractivity contribution in [1.82, 2.24) is 4.90 Å². The van der Waals surface area contributed by atoms with Crippen LogP contribution in [-0.4, -0.2) is 51.3 Å². The molecule has 2 amide bonds. The highest BCUT2D eigenvalue weighted by molar-refractivity contribution is 7.91. The number of anilines is 1. The van der Waals surface area contributed by atoms with Crippen molar-refractivity contribution in [1.29, 1.82) is 5.26 Å². The van der Waals surface area contributed by atoms with E-state index >= 15 is 0 Å². The van der Waals surface area contributed by atoms with Gasteiger partial charge in [-0.1, -0.05) is 0 Å². The number of sulfone groups is 1. The Balaban J connectivity index is 1.66. The number of methoxy groups -OCH3 is 1. The lowest BCUT2D eigenvalue weighted by atomic mass is 10.0. The normalized spacial score (nSPS) is 13.1. The molecular formula is C21H23N3O6S2. The lowest BCUT2D eigenvalue weighted by Crippen LogP contribution is -2.35. The number of ether oxygens (including phenoxy) is 2. The molecule has 0 atom stereocenters. The Bertz CT molecular complexity index is 1150. The molecule has 1 N–H and O–H groups in total. The summed E-state index contributed by atoms with van der Waals surface area (Å²) in [6, 6.07) is 8.07. The molecule has 1 aromatic carbocycles. The highest BCUT2D eigenvalue weighted by atomic mass is 32.2. The molecule has 9 nitrogen and oxygen atoms in total. The quantitative estimate of drug-likeness (QED) is 0.650. The minimum Gasteiger partial charge on any atom is -0.497 e. The number of nitriles is 1. The third-order valence-electron chi connectivity index (χ3n) is 4.96. The molecule has 170 valence electrons. The van der Waals surface area contributed by atoms with Crippen LogP contribution < -0.4 is 10.1 Å². The smallest absolute Gasteiger partial charge is 0.410 e. The number of nitrogens with one attached hydrogen (secondary N) is 1. The number of carbonyl (C=O) groups excluding carboxylic acids is 2. The molecule has 1 aromatic heterocycles. The lowest BCUT2D eigenvalue weighted by Gasteiger charge is -2.25. The molecule has 1 aliphatic heterocycles. The van der Waals surface area contributed by atoms with E-state index < -0.39 is 21.8 Å². The van der Waals surface area contributed by atoms with Crippen LogP contribution in [0.3, 0.4) is 0 Å². The fourth-order valence-corrected chi connectivity index (χ4v) is 5.77. The average Bonchev–Trinajstić information content (AvgIpc) is 3.14. The Kier molecular flexibility index (Phi) is 7.37. The number of rotatable bonds is 7. The minimum absolute atomic E-state index is 0.106. The van der Waals surface area contributed by atoms with Gasteiger partial charge in [-0.3, -0.25) is 4.79 Å². The minimum atomic E-state index is -3.65. The number of amides is 2. The van der Waals surface area contributed by atoms with Gasteiger partial charge in [0.25, 0.3) is 0 Å². The zero-order valence-electron chi connectivity index (χ0n) is 17.7. The number of benzene rings is 1. The Hall–Kier alpha value is -3.10. The van der Waals surface area contributed by atoms with Gasteiger partial charge in [-0.25, -0.2) is 13.2 Å². The molecule has 11 heteroatoms. The number of hydrogen-bond donors (Lipinski definition) is 1. The van der Waals surface area contributed by atoms with Crippen molar-refractivity contribution < 1.29 is 27.5 Å². The summed E-state index contributed by atoms with van der Waals surface area (Å²) in [7, 11) is -2.16. The Morgan fingerprint density at radius 1 is 1.28 bits per heavy atom. The van der Waals surface area contributed by atoms with E-state index in [1.165, 1.54) is 30.6 Å². The highest BCUT2D eigenvalue weighted by Gasteiger charge is 2.28. The van der Waals surface area contributed by atoms with Gasteiger partial charge in [-0.15, -0.1) is 11.3 Å². The second-order valence-corrected chi connectivity index (χ2v) is 10.2. The molecule has 0 bridgehead atoms. The highest BCUT2D eigenvalue weighted by Crippen LogP contribution is 2.37. The molecule has 0 spiro atoms. The summed E-state index contributed by atoms with van der Waals surface area (Å²) in [5.41, 5.74) is 1.17. The maximum atomic E-state index is 12.5. The summed E-state index contributed by atoms with van der Waals surface area (Å²) in [6.45, 7) is 2.73. The van der Waals surface area contributed by atoms with Crippen molar-refractivity contribution >= 4 is 38.2 Å². The topological polar surface area (TPSA) is 126 Å². The molecule has 0 unspecified atom stereocenters. The van der Waals surface area contributed by atoms with Gasteiger partial charge in [0.2, 0.25) is 5.91 Å². The van der Waals surface area contributed by atoms with Crippen molar-refractivity contribution in [2.45, 2.75) is 31.2 Å². The van der Waals surface area contributed by atoms with E-state index in [4.69, 9.17) is 9.47 Å². The first-order valence-electron chi connectivity index (χ1n) is 9.92. The van der Waals surface area contributed by atoms with Crippen LogP contribution in [0.4, 0.5) is 9.80 Å². The summed E-state index contributed by atoms with van der Waals surface area (Å²) >= 11 is 1.22. The molecule has 0 aliphatic carbocycles. The Morgan fingerprint density at radius 2 is 2.00 bits per heavy atom. The van der Waals surface area contributed by atoms with Gasteiger partial charge in [0.1, 0.15) is 16.8 Å². The van der Waals surface area contributed by atoms with Crippen LogP contribution in [0.2, 0.25) is 0 Å². The third-order valence-corrected chi connectivity index (χ3v) is 7.83. The first-order chi connectivity index (χ1) is 15.3. The standard InChI is InChI=1S/C21H23N3O6S2/c1-3-30-21(26)24-10-8-16-17(12-22)20(31-18(16)13-24)23-19(25)9-11-32(27,28)15-6-4-14(29-2)5-7-15/h4-7H,3,8-11,13H2,1-2H3,(H,23,25). The molecule has 0 radical (unpaired) electrons. The predicted octanol–water partition coefficient (Wildman–Crippen LogP) is 2.95. The number of nitrogens with zero attached hydrogens (tertiary/aromatic N) is 2. The molecule has 0 saturated carbocycles. The van der Waals surface area contributed by atoms with Crippen molar-refractivity contribution in [3.63, 3.8) is 0 Å². The van der Waals surface area contributed by atoms with Crippen LogP contribution in [0.25, 0.3) is 0 Å². The second-order valence-electron chi connectivity index (χ2n) is 6.98. The molecule has 2 heterocycles. The van der Waals surface area contributed by atoms with E-state index in [2.05, 4.69) is 11.4 Å². The second kappa shape index (κ2) is 10.0. The SMILES string of the molecule is CCOC(=O)N1CCc2c(sc(NC(=O)CCS(=O)(=O)c3ccc(OC)cc3)c2C#N)C1. The zero-order chi connectivity index (χ0) is 23.3. The first kappa shape index (κ1) is 23.6. The number of carbonyl (C=O) groups is 2. The number of hydrogen-bond acceptors (Lipinski definition) is 8. The van der Waals surface area contributed by atoms with Crippen LogP contribution in [0, 0.1) is 11.3 Å². The number of thiophene rings is 1. The maximum absolute atomic E-state index is 12.5. The monoisotopic (exact) mass is 477 g/mol. The van der Waals surface area contributed by atoms with Crippen LogP contribution in [-0.2, 0) is 32.3 Å². The van der Waals surface area contributed by atoms with Crippen molar-refractivity contribution in [3.8, 4) is 11.8 Å². The predicted molar refractivity (Wildman–Crippen MR) is 118 cm³/mol. The molecular weight excluding hydrogens is 454 g/mol. The molecule has 0 saturated heterocycles. The van der Waals surface area contributed by atoms with Gasteiger partial charge in [0.15, 0.2) is 9.84 Å². The summed E-state index contributed by atoms with van der Waals surface area (Å²) in [5.74, 6) is -0.331. The van der Waals surface area contributed by atoms with Crippen LogP contribution in [0.5, 0.6) is 5.75 Å². The average molecular weight is 478 g/mol. The fraction of sp³-hybridized carbons (Fsp3) is 0.381. The van der Waals surface area contributed by atoms with Gasteiger partial charge in [0.05, 0.1) is 36.5 Å². The van der Waals surface area contributed by atoms with Crippen molar-refractivity contribution in [2.75, 3.05) is 31.3 Å². The van der Waals surface area contributed by atoms with Crippen molar-refractivity contribution in [2.24, 2.45) is 0 Å². The zero-order valence-corrected chi connectivity index (χ0v) is 19.3. The van der Waals surface area contributed by atoms with Gasteiger partial charge in [0, 0.05) is 17.8 Å². The van der Waals surface area contributed by atoms with E-state index in [-0.39, 0.29) is 23.7 Å². The summed E-state index contributed by atoms with van der Waals surface area (Å²) in [4.78, 5) is 26.9. The largest absolute Gasteiger partial charge is 0.497 e. The molecule has 32 heavy (non-hydrogen) atoms.